The molecule has 0 saturated heterocycles. The van der Waals surface area contributed by atoms with Crippen LogP contribution in [0.5, 0.6) is 0 Å². The van der Waals surface area contributed by atoms with E-state index in [1.165, 1.54) is 49.8 Å². The first-order valence-electron chi connectivity index (χ1n) is 6.62. The van der Waals surface area contributed by atoms with E-state index >= 15 is 0 Å². The molecule has 2 heteroatoms. The Bertz CT molecular complexity index is 318. The van der Waals surface area contributed by atoms with Crippen LogP contribution in [0.3, 0.4) is 0 Å². The summed E-state index contributed by atoms with van der Waals surface area (Å²) in [6.07, 6.45) is 9.05. The third-order valence-electron chi connectivity index (χ3n) is 3.75. The summed E-state index contributed by atoms with van der Waals surface area (Å²) in [7, 11) is 0. The lowest BCUT2D eigenvalue weighted by atomic mass is 9.92. The van der Waals surface area contributed by atoms with E-state index in [9.17, 15) is 0 Å². The minimum Gasteiger partial charge on any atom is -0.327 e. The van der Waals surface area contributed by atoms with Crippen molar-refractivity contribution in [3.63, 3.8) is 0 Å². The molecule has 0 amide bonds. The molecular formula is C14H23NS. The van der Waals surface area contributed by atoms with Crippen LogP contribution in [-0.4, -0.2) is 6.04 Å². The maximum atomic E-state index is 6.27. The van der Waals surface area contributed by atoms with E-state index in [0.29, 0.717) is 6.04 Å². The molecule has 0 bridgehead atoms. The fourth-order valence-electron chi connectivity index (χ4n) is 2.65. The molecule has 1 nitrogen and oxygen atoms in total. The first kappa shape index (κ1) is 12.1. The lowest BCUT2D eigenvalue weighted by Gasteiger charge is -2.20. The van der Waals surface area contributed by atoms with Gasteiger partial charge in [0.25, 0.3) is 0 Å². The van der Waals surface area contributed by atoms with Gasteiger partial charge in [0.05, 0.1) is 0 Å². The van der Waals surface area contributed by atoms with Crippen molar-refractivity contribution in [2.75, 3.05) is 0 Å². The van der Waals surface area contributed by atoms with Gasteiger partial charge in [0.1, 0.15) is 0 Å². The molecule has 1 aliphatic rings. The van der Waals surface area contributed by atoms with Crippen molar-refractivity contribution in [3.8, 4) is 0 Å². The summed E-state index contributed by atoms with van der Waals surface area (Å²) in [5.41, 5.74) is 6.27. The Hall–Kier alpha value is -0.340. The summed E-state index contributed by atoms with van der Waals surface area (Å²) < 4.78 is 0. The van der Waals surface area contributed by atoms with E-state index in [4.69, 9.17) is 5.73 Å². The van der Waals surface area contributed by atoms with Crippen LogP contribution in [0.25, 0.3) is 0 Å². The minimum atomic E-state index is 0.440. The molecule has 1 saturated carbocycles. The van der Waals surface area contributed by atoms with Gasteiger partial charge in [-0.1, -0.05) is 26.2 Å². The Labute approximate surface area is 103 Å². The molecule has 16 heavy (non-hydrogen) atoms. The zero-order valence-corrected chi connectivity index (χ0v) is 11.1. The Balaban J connectivity index is 1.96. The Morgan fingerprint density at radius 2 is 1.94 bits per heavy atom. The van der Waals surface area contributed by atoms with Crippen molar-refractivity contribution in [3.05, 3.63) is 21.9 Å². The van der Waals surface area contributed by atoms with E-state index in [0.717, 1.165) is 5.92 Å². The maximum absolute atomic E-state index is 6.27. The highest BCUT2D eigenvalue weighted by atomic mass is 32.1. The molecule has 2 rings (SSSR count). The van der Waals surface area contributed by atoms with E-state index in [-0.39, 0.29) is 0 Å². The first-order valence-corrected chi connectivity index (χ1v) is 7.44. The van der Waals surface area contributed by atoms with Gasteiger partial charge in [-0.3, -0.25) is 0 Å². The van der Waals surface area contributed by atoms with Crippen LogP contribution in [0.2, 0.25) is 0 Å². The average Bonchev–Trinajstić information content (AvgIpc) is 2.65. The number of aryl methyl sites for hydroxylation is 1. The summed E-state index contributed by atoms with van der Waals surface area (Å²) >= 11 is 1.98. The fourth-order valence-corrected chi connectivity index (χ4v) is 3.70. The summed E-state index contributed by atoms with van der Waals surface area (Å²) in [6.45, 7) is 2.23. The van der Waals surface area contributed by atoms with Crippen LogP contribution in [-0.2, 0) is 12.8 Å². The van der Waals surface area contributed by atoms with Gasteiger partial charge in [0.15, 0.2) is 0 Å². The number of thiophene rings is 1. The van der Waals surface area contributed by atoms with Crippen LogP contribution in [0.1, 0.15) is 48.8 Å². The van der Waals surface area contributed by atoms with Crippen LogP contribution >= 0.6 is 11.3 Å². The Morgan fingerprint density at radius 1 is 1.19 bits per heavy atom. The van der Waals surface area contributed by atoms with Crippen molar-refractivity contribution < 1.29 is 0 Å². The normalized spacial score (nSPS) is 26.6. The molecule has 2 N–H and O–H groups in total. The molecule has 2 unspecified atom stereocenters. The van der Waals surface area contributed by atoms with Crippen LogP contribution in [0, 0.1) is 5.92 Å². The quantitative estimate of drug-likeness (QED) is 0.796. The van der Waals surface area contributed by atoms with Gasteiger partial charge in [-0.2, -0.15) is 0 Å². The van der Waals surface area contributed by atoms with Gasteiger partial charge in [-0.15, -0.1) is 11.3 Å². The van der Waals surface area contributed by atoms with Crippen molar-refractivity contribution >= 4 is 11.3 Å². The molecule has 0 aliphatic heterocycles. The highest BCUT2D eigenvalue weighted by Gasteiger charge is 2.21. The van der Waals surface area contributed by atoms with Crippen molar-refractivity contribution in [1.29, 1.82) is 0 Å². The summed E-state index contributed by atoms with van der Waals surface area (Å²) in [4.78, 5) is 3.05. The molecular weight excluding hydrogens is 214 g/mol. The van der Waals surface area contributed by atoms with Crippen LogP contribution in [0.4, 0.5) is 0 Å². The van der Waals surface area contributed by atoms with Crippen molar-refractivity contribution in [1.82, 2.24) is 0 Å². The Morgan fingerprint density at radius 3 is 2.69 bits per heavy atom. The third-order valence-corrected chi connectivity index (χ3v) is 5.00. The zero-order valence-electron chi connectivity index (χ0n) is 10.2. The van der Waals surface area contributed by atoms with E-state index in [2.05, 4.69) is 19.1 Å². The molecule has 1 fully saturated rings. The topological polar surface area (TPSA) is 26.0 Å². The third kappa shape index (κ3) is 3.08. The fraction of sp³-hybridized carbons (Fsp3) is 0.714. The zero-order chi connectivity index (χ0) is 11.4. The van der Waals surface area contributed by atoms with Gasteiger partial charge >= 0.3 is 0 Å². The summed E-state index contributed by atoms with van der Waals surface area (Å²) in [6, 6.07) is 5.03. The van der Waals surface area contributed by atoms with Gasteiger partial charge < -0.3 is 5.73 Å². The van der Waals surface area contributed by atoms with Crippen LogP contribution in [0.15, 0.2) is 12.1 Å². The van der Waals surface area contributed by atoms with Gasteiger partial charge in [0, 0.05) is 15.8 Å². The molecule has 0 radical (unpaired) electrons. The smallest absolute Gasteiger partial charge is 0.00706 e. The molecule has 1 aromatic heterocycles. The minimum absolute atomic E-state index is 0.440. The lowest BCUT2D eigenvalue weighted by molar-refractivity contribution is 0.397. The van der Waals surface area contributed by atoms with E-state index < -0.39 is 0 Å². The molecule has 1 aliphatic carbocycles. The molecule has 2 atom stereocenters. The van der Waals surface area contributed by atoms with Gasteiger partial charge in [0.2, 0.25) is 0 Å². The second-order valence-electron chi connectivity index (χ2n) is 4.99. The SMILES string of the molecule is CCc1ccc(CC2CCCCCC2N)s1. The average molecular weight is 237 g/mol. The summed E-state index contributed by atoms with van der Waals surface area (Å²) in [5.74, 6) is 0.728. The molecule has 0 spiro atoms. The lowest BCUT2D eigenvalue weighted by Crippen LogP contribution is -2.30. The predicted octanol–water partition coefficient (Wildman–Crippen LogP) is 3.76. The first-order chi connectivity index (χ1) is 7.79. The largest absolute Gasteiger partial charge is 0.327 e. The number of hydrogen-bond donors (Lipinski definition) is 1. The second-order valence-corrected chi connectivity index (χ2v) is 6.24. The second kappa shape index (κ2) is 5.83. The molecule has 1 heterocycles. The summed E-state index contributed by atoms with van der Waals surface area (Å²) in [5, 5.41) is 0. The number of nitrogens with two attached hydrogens (primary N) is 1. The van der Waals surface area contributed by atoms with Gasteiger partial charge in [-0.25, -0.2) is 0 Å². The molecule has 90 valence electrons. The Kier molecular flexibility index (Phi) is 4.42. The maximum Gasteiger partial charge on any atom is 0.00706 e. The van der Waals surface area contributed by atoms with Crippen molar-refractivity contribution in [2.24, 2.45) is 11.7 Å². The van der Waals surface area contributed by atoms with Crippen LogP contribution < -0.4 is 5.73 Å². The standard InChI is InChI=1S/C14H23NS/c1-2-12-8-9-13(16-12)10-11-6-4-3-5-7-14(11)15/h8-9,11,14H,2-7,10,15H2,1H3. The molecule has 0 aromatic carbocycles. The highest BCUT2D eigenvalue weighted by molar-refractivity contribution is 7.11. The number of hydrogen-bond acceptors (Lipinski definition) is 2. The van der Waals surface area contributed by atoms with Crippen molar-refractivity contribution in [2.45, 2.75) is 57.9 Å². The predicted molar refractivity (Wildman–Crippen MR) is 72.0 cm³/mol. The monoisotopic (exact) mass is 237 g/mol. The van der Waals surface area contributed by atoms with Gasteiger partial charge in [-0.05, 0) is 43.7 Å². The number of rotatable bonds is 3. The molecule has 1 aromatic rings. The van der Waals surface area contributed by atoms with E-state index in [1.807, 2.05) is 11.3 Å². The van der Waals surface area contributed by atoms with E-state index in [1.54, 1.807) is 4.88 Å². The highest BCUT2D eigenvalue weighted by Crippen LogP contribution is 2.28.